The Labute approximate surface area is 143 Å². The van der Waals surface area contributed by atoms with Crippen molar-refractivity contribution in [3.63, 3.8) is 0 Å². The molecule has 0 aromatic heterocycles. The van der Waals surface area contributed by atoms with E-state index in [1.54, 1.807) is 13.0 Å². The summed E-state index contributed by atoms with van der Waals surface area (Å²) in [6.07, 6.45) is 0.774. The molecule has 0 fully saturated rings. The van der Waals surface area contributed by atoms with Crippen molar-refractivity contribution < 1.29 is 18.7 Å². The molecule has 1 aromatic rings. The van der Waals surface area contributed by atoms with Gasteiger partial charge in [0, 0.05) is 11.6 Å². The highest BCUT2D eigenvalue weighted by atomic mass is 35.5. The molecule has 0 saturated heterocycles. The summed E-state index contributed by atoms with van der Waals surface area (Å²) in [5, 5.41) is 0.505. The maximum Gasteiger partial charge on any atom is 0.341 e. The minimum absolute atomic E-state index is 0.362. The lowest BCUT2D eigenvalue weighted by atomic mass is 10.1. The third kappa shape index (κ3) is 8.18. The lowest BCUT2D eigenvalue weighted by molar-refractivity contribution is 0.0597. The van der Waals surface area contributed by atoms with Crippen LogP contribution in [-0.2, 0) is 11.2 Å². The first-order valence-corrected chi connectivity index (χ1v) is 7.88. The molecule has 1 rings (SSSR count). The highest BCUT2D eigenvalue weighted by molar-refractivity contribution is 6.31. The molecule has 4 nitrogen and oxygen atoms in total. The number of rotatable bonds is 6. The van der Waals surface area contributed by atoms with E-state index < -0.39 is 12.1 Å². The fourth-order valence-electron chi connectivity index (χ4n) is 1.68. The first-order valence-electron chi connectivity index (χ1n) is 7.50. The molecule has 0 aliphatic carbocycles. The van der Waals surface area contributed by atoms with Crippen LogP contribution in [0.25, 0.3) is 0 Å². The molecule has 1 unspecified atom stereocenters. The van der Waals surface area contributed by atoms with Crippen LogP contribution in [0.15, 0.2) is 12.1 Å². The van der Waals surface area contributed by atoms with Crippen LogP contribution in [0.5, 0.6) is 5.75 Å². The highest BCUT2D eigenvalue weighted by Crippen LogP contribution is 2.29. The minimum atomic E-state index is -0.616. The molecule has 0 aliphatic rings. The van der Waals surface area contributed by atoms with Gasteiger partial charge in [-0.3, -0.25) is 0 Å². The molecule has 0 amide bonds. The normalized spacial score (nSPS) is 11.5. The first-order chi connectivity index (χ1) is 10.8. The van der Waals surface area contributed by atoms with Gasteiger partial charge in [-0.2, -0.15) is 0 Å². The van der Waals surface area contributed by atoms with E-state index >= 15 is 0 Å². The first kappa shape index (κ1) is 21.7. The maximum atomic E-state index is 11.7. The number of ether oxygens (including phenoxy) is 2. The van der Waals surface area contributed by atoms with Crippen molar-refractivity contribution in [2.75, 3.05) is 34.9 Å². The lowest BCUT2D eigenvalue weighted by Gasteiger charge is -2.15. The van der Waals surface area contributed by atoms with Gasteiger partial charge in [0.2, 0.25) is 0 Å². The second-order valence-corrected chi connectivity index (χ2v) is 5.82. The molecular weight excluding hydrogens is 321 g/mol. The van der Waals surface area contributed by atoms with Gasteiger partial charge >= 0.3 is 5.97 Å². The van der Waals surface area contributed by atoms with E-state index in [1.165, 1.54) is 14.2 Å². The van der Waals surface area contributed by atoms with Crippen LogP contribution < -0.4 is 4.74 Å². The van der Waals surface area contributed by atoms with Crippen LogP contribution in [0.3, 0.4) is 0 Å². The van der Waals surface area contributed by atoms with Crippen molar-refractivity contribution in [1.29, 1.82) is 0 Å². The Morgan fingerprint density at radius 2 is 1.91 bits per heavy atom. The second kappa shape index (κ2) is 11.2. The topological polar surface area (TPSA) is 38.8 Å². The van der Waals surface area contributed by atoms with Crippen molar-refractivity contribution in [2.24, 2.45) is 0 Å². The number of alkyl halides is 1. The zero-order valence-electron chi connectivity index (χ0n) is 14.8. The molecule has 132 valence electrons. The summed E-state index contributed by atoms with van der Waals surface area (Å²) in [5.41, 5.74) is 1.26. The summed E-state index contributed by atoms with van der Waals surface area (Å²) >= 11 is 6.02. The third-order valence-electron chi connectivity index (χ3n) is 3.13. The highest BCUT2D eigenvalue weighted by Gasteiger charge is 2.17. The van der Waals surface area contributed by atoms with Gasteiger partial charge in [0.05, 0.1) is 20.4 Å². The van der Waals surface area contributed by atoms with Crippen molar-refractivity contribution in [1.82, 2.24) is 4.90 Å². The number of esters is 1. The second-order valence-electron chi connectivity index (χ2n) is 5.38. The van der Waals surface area contributed by atoms with Crippen molar-refractivity contribution >= 4 is 17.6 Å². The Morgan fingerprint density at radius 3 is 2.30 bits per heavy atom. The van der Waals surface area contributed by atoms with Gasteiger partial charge in [-0.15, -0.1) is 0 Å². The molecule has 0 aliphatic heterocycles. The SMILES string of the molecule is CCC(C)F.COC(=O)c1cc(Cl)cc(CCN(C)C)c1OC. The van der Waals surface area contributed by atoms with Crippen LogP contribution >= 0.6 is 11.6 Å². The average molecular weight is 348 g/mol. The number of benzene rings is 1. The number of likely N-dealkylation sites (N-methyl/N-ethyl adjacent to an activating group) is 1. The standard InChI is InChI=1S/C13H18ClNO3.C4H9F/c1-15(2)6-5-9-7-10(14)8-11(12(9)17-3)13(16)18-4;1-3-4(2)5/h7-8H,5-6H2,1-4H3;4H,3H2,1-2H3. The summed E-state index contributed by atoms with van der Waals surface area (Å²) in [6, 6.07) is 3.38. The Balaban J connectivity index is 0.000000841. The monoisotopic (exact) mass is 347 g/mol. The Kier molecular flexibility index (Phi) is 10.6. The Bertz CT molecular complexity index is 493. The van der Waals surface area contributed by atoms with Crippen molar-refractivity contribution in [3.8, 4) is 5.75 Å². The lowest BCUT2D eigenvalue weighted by Crippen LogP contribution is -2.16. The van der Waals surface area contributed by atoms with E-state index in [-0.39, 0.29) is 0 Å². The Morgan fingerprint density at radius 1 is 1.35 bits per heavy atom. The van der Waals surface area contributed by atoms with Gasteiger partial charge in [0.15, 0.2) is 0 Å². The van der Waals surface area contributed by atoms with E-state index in [0.29, 0.717) is 22.8 Å². The Hall–Kier alpha value is -1.33. The molecule has 0 spiro atoms. The van der Waals surface area contributed by atoms with E-state index in [4.69, 9.17) is 21.1 Å². The van der Waals surface area contributed by atoms with E-state index in [0.717, 1.165) is 18.5 Å². The molecule has 0 N–H and O–H groups in total. The van der Waals surface area contributed by atoms with Crippen molar-refractivity contribution in [3.05, 3.63) is 28.3 Å². The number of carbonyl (C=O) groups excluding carboxylic acids is 1. The minimum Gasteiger partial charge on any atom is -0.496 e. The fourth-order valence-corrected chi connectivity index (χ4v) is 1.92. The van der Waals surface area contributed by atoms with Crippen LogP contribution in [0.1, 0.15) is 36.2 Å². The molecule has 23 heavy (non-hydrogen) atoms. The molecule has 1 aromatic carbocycles. The largest absolute Gasteiger partial charge is 0.496 e. The van der Waals surface area contributed by atoms with Crippen molar-refractivity contribution in [2.45, 2.75) is 32.9 Å². The smallest absolute Gasteiger partial charge is 0.341 e. The van der Waals surface area contributed by atoms with Crippen LogP contribution in [-0.4, -0.2) is 51.9 Å². The van der Waals surface area contributed by atoms with Gasteiger partial charge in [0.1, 0.15) is 11.3 Å². The van der Waals surface area contributed by atoms with Gasteiger partial charge in [-0.05, 0) is 51.6 Å². The molecule has 0 saturated carbocycles. The van der Waals surface area contributed by atoms with Crippen LogP contribution in [0.2, 0.25) is 5.02 Å². The number of halogens is 2. The van der Waals surface area contributed by atoms with Crippen LogP contribution in [0.4, 0.5) is 4.39 Å². The number of methoxy groups -OCH3 is 2. The summed E-state index contributed by atoms with van der Waals surface area (Å²) in [7, 11) is 6.84. The van der Waals surface area contributed by atoms with E-state index in [2.05, 4.69) is 4.90 Å². The fraction of sp³-hybridized carbons (Fsp3) is 0.588. The summed E-state index contributed by atoms with van der Waals surface area (Å²) in [4.78, 5) is 13.7. The number of carbonyl (C=O) groups is 1. The summed E-state index contributed by atoms with van der Waals surface area (Å²) in [5.74, 6) is 0.0913. The average Bonchev–Trinajstić information content (AvgIpc) is 2.51. The van der Waals surface area contributed by atoms with Gasteiger partial charge in [0.25, 0.3) is 0 Å². The van der Waals surface area contributed by atoms with Gasteiger partial charge in [-0.1, -0.05) is 18.5 Å². The predicted molar refractivity (Wildman–Crippen MR) is 92.5 cm³/mol. The quantitative estimate of drug-likeness (QED) is 0.729. The molecule has 0 heterocycles. The number of hydrogen-bond donors (Lipinski definition) is 0. The number of hydrogen-bond acceptors (Lipinski definition) is 4. The summed E-state index contributed by atoms with van der Waals surface area (Å²) in [6.45, 7) is 4.22. The zero-order chi connectivity index (χ0) is 18.0. The molecule has 0 bridgehead atoms. The molecule has 6 heteroatoms. The third-order valence-corrected chi connectivity index (χ3v) is 3.35. The van der Waals surface area contributed by atoms with Crippen LogP contribution in [0, 0.1) is 0 Å². The van der Waals surface area contributed by atoms with Gasteiger partial charge < -0.3 is 14.4 Å². The molecule has 1 atom stereocenters. The zero-order valence-corrected chi connectivity index (χ0v) is 15.5. The van der Waals surface area contributed by atoms with Gasteiger partial charge in [-0.25, -0.2) is 9.18 Å². The molecular formula is C17H27ClFNO3. The summed E-state index contributed by atoms with van der Waals surface area (Å²) < 4.78 is 21.5. The number of nitrogens with zero attached hydrogens (tertiary/aromatic N) is 1. The van der Waals surface area contributed by atoms with E-state index in [9.17, 15) is 9.18 Å². The maximum absolute atomic E-state index is 11.7. The van der Waals surface area contributed by atoms with E-state index in [1.807, 2.05) is 27.1 Å². The molecule has 0 radical (unpaired) electrons. The predicted octanol–water partition coefficient (Wildman–Crippen LogP) is 3.99.